The Balaban J connectivity index is 2.30. The summed E-state index contributed by atoms with van der Waals surface area (Å²) in [6.45, 7) is 1.46. The van der Waals surface area contributed by atoms with Crippen LogP contribution in [0.2, 0.25) is 0 Å². The lowest BCUT2D eigenvalue weighted by Gasteiger charge is -1.96. The van der Waals surface area contributed by atoms with Gasteiger partial charge in [0.15, 0.2) is 0 Å². The van der Waals surface area contributed by atoms with E-state index in [1.165, 1.54) is 0 Å². The van der Waals surface area contributed by atoms with Crippen molar-refractivity contribution in [2.45, 2.75) is 6.42 Å². The molecule has 0 saturated carbocycles. The zero-order valence-corrected chi connectivity index (χ0v) is 8.14. The molecule has 70 valence electrons. The quantitative estimate of drug-likeness (QED) is 0.519. The lowest BCUT2D eigenvalue weighted by atomic mass is 10.1. The van der Waals surface area contributed by atoms with Crippen molar-refractivity contribution in [3.8, 4) is 0 Å². The minimum atomic E-state index is -3.37. The number of hydrogen-bond acceptors (Lipinski definition) is 3. The molecule has 1 saturated heterocycles. The van der Waals surface area contributed by atoms with Crippen molar-refractivity contribution in [2.75, 3.05) is 19.0 Å². The molecular weight excluding hydrogens is 200 g/mol. The van der Waals surface area contributed by atoms with E-state index in [1.807, 2.05) is 6.08 Å². The Hall–Kier alpha value is -0.0600. The van der Waals surface area contributed by atoms with Gasteiger partial charge in [-0.1, -0.05) is 12.2 Å². The van der Waals surface area contributed by atoms with E-state index in [2.05, 4.69) is 0 Å². The second-order valence-corrected chi connectivity index (χ2v) is 5.58. The first-order chi connectivity index (χ1) is 5.58. The third kappa shape index (κ3) is 4.09. The van der Waals surface area contributed by atoms with Crippen LogP contribution in [0, 0.1) is 5.92 Å². The number of halogens is 1. The maximum atomic E-state index is 10.5. The van der Waals surface area contributed by atoms with E-state index in [9.17, 15) is 8.42 Å². The average molecular weight is 211 g/mol. The van der Waals surface area contributed by atoms with E-state index in [1.54, 1.807) is 6.08 Å². The molecule has 0 bridgehead atoms. The molecule has 3 nitrogen and oxygen atoms in total. The van der Waals surface area contributed by atoms with Crippen LogP contribution in [0.4, 0.5) is 0 Å². The summed E-state index contributed by atoms with van der Waals surface area (Å²) in [7, 11) is 1.64. The van der Waals surface area contributed by atoms with Crippen molar-refractivity contribution >= 4 is 19.7 Å². The van der Waals surface area contributed by atoms with Gasteiger partial charge in [0.25, 0.3) is 0 Å². The predicted molar refractivity (Wildman–Crippen MR) is 47.7 cm³/mol. The second kappa shape index (κ2) is 4.25. The van der Waals surface area contributed by atoms with Gasteiger partial charge in [-0.15, -0.1) is 0 Å². The van der Waals surface area contributed by atoms with Gasteiger partial charge < -0.3 is 4.74 Å². The Morgan fingerprint density at radius 1 is 1.58 bits per heavy atom. The second-order valence-electron chi connectivity index (χ2n) is 2.76. The predicted octanol–water partition coefficient (Wildman–Crippen LogP) is 1.15. The fraction of sp³-hybridized carbons (Fsp3) is 0.714. The van der Waals surface area contributed by atoms with Gasteiger partial charge in [-0.3, -0.25) is 0 Å². The topological polar surface area (TPSA) is 43.4 Å². The largest absolute Gasteiger partial charge is 0.381 e. The summed E-state index contributed by atoms with van der Waals surface area (Å²) in [5.74, 6) is 0.272. The Morgan fingerprint density at radius 2 is 2.33 bits per heavy atom. The van der Waals surface area contributed by atoms with Crippen LogP contribution in [0.1, 0.15) is 6.42 Å². The highest BCUT2D eigenvalue weighted by molar-refractivity contribution is 8.13. The van der Waals surface area contributed by atoms with Crippen molar-refractivity contribution in [3.63, 3.8) is 0 Å². The van der Waals surface area contributed by atoms with E-state index in [0.717, 1.165) is 13.0 Å². The van der Waals surface area contributed by atoms with E-state index in [4.69, 9.17) is 15.4 Å². The molecule has 0 aromatic carbocycles. The molecule has 1 aliphatic rings. The number of rotatable bonds is 3. The highest BCUT2D eigenvalue weighted by atomic mass is 35.7. The molecule has 0 aromatic heterocycles. The van der Waals surface area contributed by atoms with Gasteiger partial charge in [-0.2, -0.15) is 0 Å². The van der Waals surface area contributed by atoms with Crippen molar-refractivity contribution in [2.24, 2.45) is 5.92 Å². The zero-order chi connectivity index (χ0) is 9.03. The van der Waals surface area contributed by atoms with E-state index < -0.39 is 9.05 Å². The smallest absolute Gasteiger partial charge is 0.236 e. The maximum Gasteiger partial charge on any atom is 0.236 e. The molecule has 5 heteroatoms. The van der Waals surface area contributed by atoms with E-state index in [-0.39, 0.29) is 5.75 Å². The summed E-state index contributed by atoms with van der Waals surface area (Å²) in [5, 5.41) is 0. The molecule has 1 fully saturated rings. The molecule has 1 unspecified atom stereocenters. The molecule has 1 rings (SSSR count). The molecule has 1 aliphatic heterocycles. The Morgan fingerprint density at radius 3 is 2.83 bits per heavy atom. The van der Waals surface area contributed by atoms with Crippen LogP contribution in [0.3, 0.4) is 0 Å². The first-order valence-electron chi connectivity index (χ1n) is 3.75. The minimum Gasteiger partial charge on any atom is -0.381 e. The van der Waals surface area contributed by atoms with Crippen LogP contribution in [-0.2, 0) is 13.8 Å². The third-order valence-corrected chi connectivity index (χ3v) is 2.64. The van der Waals surface area contributed by atoms with E-state index in [0.29, 0.717) is 12.5 Å². The van der Waals surface area contributed by atoms with Gasteiger partial charge in [-0.05, 0) is 6.42 Å². The summed E-state index contributed by atoms with van der Waals surface area (Å²) in [6.07, 6.45) is 4.41. The number of hydrogen-bond donors (Lipinski definition) is 0. The molecule has 0 aliphatic carbocycles. The first kappa shape index (κ1) is 10.0. The average Bonchev–Trinajstić information content (AvgIpc) is 2.36. The van der Waals surface area contributed by atoms with Crippen LogP contribution in [0.25, 0.3) is 0 Å². The van der Waals surface area contributed by atoms with Crippen LogP contribution < -0.4 is 0 Å². The Bertz CT molecular complexity index is 252. The summed E-state index contributed by atoms with van der Waals surface area (Å²) < 4.78 is 26.1. The lowest BCUT2D eigenvalue weighted by molar-refractivity contribution is 0.191. The summed E-state index contributed by atoms with van der Waals surface area (Å²) >= 11 is 0. The molecule has 0 spiro atoms. The third-order valence-electron chi connectivity index (χ3n) is 1.67. The molecule has 0 amide bonds. The fourth-order valence-corrected chi connectivity index (χ4v) is 1.63. The highest BCUT2D eigenvalue weighted by Crippen LogP contribution is 2.13. The molecule has 12 heavy (non-hydrogen) atoms. The zero-order valence-electron chi connectivity index (χ0n) is 6.57. The first-order valence-corrected chi connectivity index (χ1v) is 6.22. The van der Waals surface area contributed by atoms with Crippen molar-refractivity contribution in [1.29, 1.82) is 0 Å². The van der Waals surface area contributed by atoms with Gasteiger partial charge in [0.05, 0.1) is 12.4 Å². The van der Waals surface area contributed by atoms with Gasteiger partial charge in [0, 0.05) is 23.2 Å². The summed E-state index contributed by atoms with van der Waals surface area (Å²) in [6, 6.07) is 0. The van der Waals surface area contributed by atoms with Crippen LogP contribution in [0.15, 0.2) is 12.2 Å². The standard InChI is InChI=1S/C7H11ClO3S/c8-12(9,10)5-1-2-7-3-4-11-6-7/h1-2,7H,3-6H2/b2-1+. The Kier molecular flexibility index (Phi) is 3.55. The number of ether oxygens (including phenoxy) is 1. The van der Waals surface area contributed by atoms with Gasteiger partial charge in [0.2, 0.25) is 9.05 Å². The SMILES string of the molecule is O=S(=O)(Cl)C/C=C/C1CCOC1. The molecule has 1 heterocycles. The van der Waals surface area contributed by atoms with Crippen molar-refractivity contribution in [1.82, 2.24) is 0 Å². The van der Waals surface area contributed by atoms with Crippen molar-refractivity contribution in [3.05, 3.63) is 12.2 Å². The van der Waals surface area contributed by atoms with Gasteiger partial charge in [-0.25, -0.2) is 8.42 Å². The van der Waals surface area contributed by atoms with Crippen LogP contribution in [0.5, 0.6) is 0 Å². The van der Waals surface area contributed by atoms with Crippen LogP contribution >= 0.6 is 10.7 Å². The molecule has 0 aromatic rings. The monoisotopic (exact) mass is 210 g/mol. The normalized spacial score (nSPS) is 25.2. The summed E-state index contributed by atoms with van der Waals surface area (Å²) in [4.78, 5) is 0. The van der Waals surface area contributed by atoms with Gasteiger partial charge >= 0.3 is 0 Å². The minimum absolute atomic E-state index is 0.0922. The maximum absolute atomic E-state index is 10.5. The lowest BCUT2D eigenvalue weighted by Crippen LogP contribution is -1.97. The van der Waals surface area contributed by atoms with E-state index >= 15 is 0 Å². The van der Waals surface area contributed by atoms with Crippen molar-refractivity contribution < 1.29 is 13.2 Å². The fourth-order valence-electron chi connectivity index (χ4n) is 1.07. The summed E-state index contributed by atoms with van der Waals surface area (Å²) in [5.41, 5.74) is 0. The molecule has 0 radical (unpaired) electrons. The molecule has 1 atom stereocenters. The Labute approximate surface area is 76.8 Å². The molecule has 0 N–H and O–H groups in total. The highest BCUT2D eigenvalue weighted by Gasteiger charge is 2.11. The van der Waals surface area contributed by atoms with Gasteiger partial charge in [0.1, 0.15) is 0 Å². The molecular formula is C7H11ClO3S. The van der Waals surface area contributed by atoms with Crippen LogP contribution in [-0.4, -0.2) is 27.4 Å².